The molecule has 2 atom stereocenters. The van der Waals surface area contributed by atoms with Gasteiger partial charge in [-0.2, -0.15) is 9.61 Å². The molecule has 0 bridgehead atoms. The van der Waals surface area contributed by atoms with Crippen LogP contribution in [-0.2, 0) is 16.0 Å². The van der Waals surface area contributed by atoms with Gasteiger partial charge in [-0.15, -0.1) is 0 Å². The van der Waals surface area contributed by atoms with Gasteiger partial charge in [0.05, 0.1) is 25.0 Å². The zero-order chi connectivity index (χ0) is 27.3. The highest BCUT2D eigenvalue weighted by atomic mass is 35.5. The fourth-order valence-corrected chi connectivity index (χ4v) is 5.44. The summed E-state index contributed by atoms with van der Waals surface area (Å²) < 4.78 is 29.5. The number of hydrogen-bond donors (Lipinski definition) is 0. The topological polar surface area (TPSA) is 87.7 Å². The van der Waals surface area contributed by atoms with Crippen molar-refractivity contribution in [2.24, 2.45) is 5.92 Å². The molecule has 4 aromatic rings. The van der Waals surface area contributed by atoms with Crippen LogP contribution in [0.15, 0.2) is 52.2 Å². The molecule has 0 N–H and O–H groups in total. The Kier molecular flexibility index (Phi) is 6.82. The summed E-state index contributed by atoms with van der Waals surface area (Å²) in [5.74, 6) is -0.223. The number of rotatable bonds is 5. The average Bonchev–Trinajstić information content (AvgIpc) is 2.90. The summed E-state index contributed by atoms with van der Waals surface area (Å²) in [7, 11) is 0. The first kappa shape index (κ1) is 25.9. The normalized spacial score (nSPS) is 19.8. The second-order valence-electron chi connectivity index (χ2n) is 10.4. The molecule has 2 unspecified atom stereocenters. The van der Waals surface area contributed by atoms with Crippen LogP contribution < -0.4 is 11.1 Å². The van der Waals surface area contributed by atoms with Gasteiger partial charge in [-0.1, -0.05) is 11.6 Å². The number of nitrogens with zero attached hydrogens (tertiary/aromatic N) is 4. The lowest BCUT2D eigenvalue weighted by Crippen LogP contribution is -2.35. The van der Waals surface area contributed by atoms with E-state index in [1.54, 1.807) is 36.6 Å². The van der Waals surface area contributed by atoms with Crippen molar-refractivity contribution in [2.45, 2.75) is 45.3 Å². The third-order valence-electron chi connectivity index (χ3n) is 7.74. The summed E-state index contributed by atoms with van der Waals surface area (Å²) >= 11 is 6.02. The van der Waals surface area contributed by atoms with Crippen LogP contribution in [0.1, 0.15) is 47.4 Å². The number of pyridine rings is 1. The van der Waals surface area contributed by atoms with Crippen molar-refractivity contribution in [1.29, 1.82) is 0 Å². The number of ether oxygens (including phenoxy) is 2. The molecule has 0 spiro atoms. The maximum atomic E-state index is 15.1. The highest BCUT2D eigenvalue weighted by Gasteiger charge is 2.29. The second kappa shape index (κ2) is 10.3. The Bertz CT molecular complexity index is 1700. The number of aromatic nitrogens is 4. The molecule has 2 saturated heterocycles. The van der Waals surface area contributed by atoms with Crippen molar-refractivity contribution >= 4 is 17.2 Å². The molecule has 5 heterocycles. The predicted octanol–water partition coefficient (Wildman–Crippen LogP) is 4.61. The monoisotopic (exact) mass is 550 g/mol. The van der Waals surface area contributed by atoms with E-state index in [1.807, 2.05) is 18.3 Å². The first-order valence-corrected chi connectivity index (χ1v) is 13.4. The number of halogens is 2. The van der Waals surface area contributed by atoms with E-state index in [1.165, 1.54) is 10.6 Å². The molecule has 2 aliphatic rings. The summed E-state index contributed by atoms with van der Waals surface area (Å²) in [5.41, 5.74) is 3.36. The van der Waals surface area contributed by atoms with Gasteiger partial charge in [0.25, 0.3) is 11.1 Å². The molecule has 0 aliphatic carbocycles. The number of benzene rings is 1. The minimum Gasteiger partial charge on any atom is -0.381 e. The molecule has 8 nitrogen and oxygen atoms in total. The second-order valence-corrected chi connectivity index (χ2v) is 10.8. The molecular formula is C29H28ClFN4O4. The Morgan fingerprint density at radius 1 is 1.10 bits per heavy atom. The molecule has 10 heteroatoms. The summed E-state index contributed by atoms with van der Waals surface area (Å²) in [4.78, 5) is 30.3. The Morgan fingerprint density at radius 2 is 1.92 bits per heavy atom. The maximum Gasteiger partial charge on any atom is 0.277 e. The molecule has 6 rings (SSSR count). The number of hydrogen-bond acceptors (Lipinski definition) is 6. The summed E-state index contributed by atoms with van der Waals surface area (Å²) in [6, 6.07) is 9.68. The molecule has 2 aliphatic heterocycles. The third kappa shape index (κ3) is 4.90. The molecule has 0 radical (unpaired) electrons. The number of fused-ring (bicyclic) bond motifs is 1. The molecule has 39 heavy (non-hydrogen) atoms. The Morgan fingerprint density at radius 3 is 2.67 bits per heavy atom. The van der Waals surface area contributed by atoms with Crippen molar-refractivity contribution in [1.82, 2.24) is 19.2 Å². The Balaban J connectivity index is 1.40. The smallest absolute Gasteiger partial charge is 0.277 e. The van der Waals surface area contributed by atoms with Gasteiger partial charge in [0.15, 0.2) is 5.65 Å². The van der Waals surface area contributed by atoms with E-state index in [9.17, 15) is 9.59 Å². The van der Waals surface area contributed by atoms with Crippen LogP contribution in [0.25, 0.3) is 16.8 Å². The van der Waals surface area contributed by atoms with Crippen molar-refractivity contribution in [2.75, 3.05) is 19.8 Å². The first-order valence-electron chi connectivity index (χ1n) is 13.0. The fraction of sp³-hybridized carbons (Fsp3) is 0.379. The van der Waals surface area contributed by atoms with Crippen LogP contribution in [0.4, 0.5) is 4.39 Å². The molecule has 202 valence electrons. The van der Waals surface area contributed by atoms with E-state index in [0.29, 0.717) is 78.9 Å². The lowest BCUT2D eigenvalue weighted by Gasteiger charge is -2.31. The molecule has 0 saturated carbocycles. The van der Waals surface area contributed by atoms with Crippen LogP contribution >= 0.6 is 11.6 Å². The van der Waals surface area contributed by atoms with Crippen molar-refractivity contribution in [3.63, 3.8) is 0 Å². The zero-order valence-corrected chi connectivity index (χ0v) is 22.4. The van der Waals surface area contributed by atoms with Gasteiger partial charge in [0.2, 0.25) is 0 Å². The van der Waals surface area contributed by atoms with E-state index in [4.69, 9.17) is 26.2 Å². The van der Waals surface area contributed by atoms with Gasteiger partial charge in [-0.3, -0.25) is 9.59 Å². The maximum absolute atomic E-state index is 15.1. The van der Waals surface area contributed by atoms with Crippen LogP contribution in [0, 0.1) is 25.6 Å². The molecule has 3 aromatic heterocycles. The molecule has 0 amide bonds. The van der Waals surface area contributed by atoms with Gasteiger partial charge in [-0.05, 0) is 62.6 Å². The molecule has 2 fully saturated rings. The quantitative estimate of drug-likeness (QED) is 0.361. The van der Waals surface area contributed by atoms with E-state index in [2.05, 4.69) is 4.98 Å². The average molecular weight is 551 g/mol. The fourth-order valence-electron chi connectivity index (χ4n) is 5.28. The van der Waals surface area contributed by atoms with E-state index < -0.39 is 5.82 Å². The standard InChI is InChI=1S/C29H28ClFN4O4/c1-16-17(2)32-28-23(22-5-4-21(30)10-24(22)31)11-25(33-35(28)29(16)37)19-7-8-39-26(9-19)20-3-6-27(36)34(13-20)12-18-14-38-15-18/h3-6,10-11,13,18-19,26H,7-9,12,14-15H2,1-2H3. The lowest BCUT2D eigenvalue weighted by molar-refractivity contribution is -0.0400. The van der Waals surface area contributed by atoms with Gasteiger partial charge < -0.3 is 14.0 Å². The van der Waals surface area contributed by atoms with Crippen LogP contribution in [-0.4, -0.2) is 39.0 Å². The van der Waals surface area contributed by atoms with E-state index >= 15 is 4.39 Å². The van der Waals surface area contributed by atoms with Crippen molar-refractivity contribution in [3.8, 4) is 11.1 Å². The predicted molar refractivity (Wildman–Crippen MR) is 145 cm³/mol. The van der Waals surface area contributed by atoms with E-state index in [0.717, 1.165) is 5.56 Å². The zero-order valence-electron chi connectivity index (χ0n) is 21.7. The van der Waals surface area contributed by atoms with Gasteiger partial charge >= 0.3 is 0 Å². The highest BCUT2D eigenvalue weighted by Crippen LogP contribution is 2.38. The summed E-state index contributed by atoms with van der Waals surface area (Å²) in [5, 5.41) is 5.00. The van der Waals surface area contributed by atoms with Crippen LogP contribution in [0.2, 0.25) is 5.02 Å². The van der Waals surface area contributed by atoms with E-state index in [-0.39, 0.29) is 28.2 Å². The SMILES string of the molecule is Cc1nc2c(-c3ccc(Cl)cc3F)cc(C3CCOC(c4ccc(=O)n(CC5COC5)c4)C3)nn2c(=O)c1C. The van der Waals surface area contributed by atoms with Crippen molar-refractivity contribution in [3.05, 3.63) is 96.7 Å². The van der Waals surface area contributed by atoms with Crippen LogP contribution in [0.3, 0.4) is 0 Å². The third-order valence-corrected chi connectivity index (χ3v) is 7.98. The van der Waals surface area contributed by atoms with Gasteiger partial charge in [0, 0.05) is 64.7 Å². The summed E-state index contributed by atoms with van der Waals surface area (Å²) in [6.07, 6.45) is 2.90. The molecule has 1 aromatic carbocycles. The summed E-state index contributed by atoms with van der Waals surface area (Å²) in [6.45, 7) is 5.89. The molecular weight excluding hydrogens is 523 g/mol. The largest absolute Gasteiger partial charge is 0.381 e. The van der Waals surface area contributed by atoms with Gasteiger partial charge in [-0.25, -0.2) is 9.37 Å². The van der Waals surface area contributed by atoms with Crippen LogP contribution in [0.5, 0.6) is 0 Å². The van der Waals surface area contributed by atoms with Gasteiger partial charge in [0.1, 0.15) is 5.82 Å². The Hall–Kier alpha value is -3.40. The minimum absolute atomic E-state index is 0.0543. The number of aryl methyl sites for hydroxylation is 1. The van der Waals surface area contributed by atoms with Crippen molar-refractivity contribution < 1.29 is 13.9 Å². The Labute approximate surface area is 229 Å². The highest BCUT2D eigenvalue weighted by molar-refractivity contribution is 6.30. The first-order chi connectivity index (χ1) is 18.8. The minimum atomic E-state index is -0.502. The lowest BCUT2D eigenvalue weighted by atomic mass is 9.88.